The Balaban J connectivity index is 2.76. The van der Waals surface area contributed by atoms with E-state index in [1.165, 1.54) is 12.1 Å². The number of nitrogens with one attached hydrogen (secondary N) is 1. The first-order valence-corrected chi connectivity index (χ1v) is 7.13. The lowest BCUT2D eigenvalue weighted by Gasteiger charge is -2.25. The number of alkyl carbamates (subject to hydrolysis) is 1. The molecule has 0 fully saturated rings. The van der Waals surface area contributed by atoms with Gasteiger partial charge in [0.1, 0.15) is 0 Å². The summed E-state index contributed by atoms with van der Waals surface area (Å²) in [6.07, 6.45) is -2.71. The van der Waals surface area contributed by atoms with Crippen molar-refractivity contribution in [3.05, 3.63) is 35.9 Å². The SMILES string of the molecule is CC(C)OC(=O)N[C@@H](OC(=O)c1ccccc1)C(Cl)(Cl)Cl. The third-order valence-corrected chi connectivity index (χ3v) is 2.72. The van der Waals surface area contributed by atoms with Gasteiger partial charge in [0, 0.05) is 0 Å². The number of carbonyl (C=O) groups is 2. The molecule has 0 saturated heterocycles. The van der Waals surface area contributed by atoms with Crippen LogP contribution in [0.3, 0.4) is 0 Å². The van der Waals surface area contributed by atoms with Crippen molar-refractivity contribution < 1.29 is 19.1 Å². The number of carbonyl (C=O) groups excluding carboxylic acids is 2. The zero-order chi connectivity index (χ0) is 16.0. The fourth-order valence-corrected chi connectivity index (χ4v) is 1.58. The lowest BCUT2D eigenvalue weighted by molar-refractivity contribution is 0.0198. The Kier molecular flexibility index (Phi) is 6.58. The molecular formula is C13H14Cl3NO4. The predicted octanol–water partition coefficient (Wildman–Crippen LogP) is 3.67. The van der Waals surface area contributed by atoms with Crippen LogP contribution in [0.5, 0.6) is 0 Å². The van der Waals surface area contributed by atoms with Gasteiger partial charge in [-0.25, -0.2) is 9.59 Å². The average Bonchev–Trinajstić information content (AvgIpc) is 2.36. The summed E-state index contributed by atoms with van der Waals surface area (Å²) in [5.74, 6) is -0.739. The van der Waals surface area contributed by atoms with Gasteiger partial charge in [0.15, 0.2) is 0 Å². The van der Waals surface area contributed by atoms with E-state index >= 15 is 0 Å². The van der Waals surface area contributed by atoms with Crippen LogP contribution in [0, 0.1) is 0 Å². The van der Waals surface area contributed by atoms with Crippen molar-refractivity contribution in [1.82, 2.24) is 5.32 Å². The number of amides is 1. The van der Waals surface area contributed by atoms with Crippen molar-refractivity contribution in [2.24, 2.45) is 0 Å². The molecule has 0 heterocycles. The Bertz CT molecular complexity index is 488. The topological polar surface area (TPSA) is 64.6 Å². The van der Waals surface area contributed by atoms with Crippen LogP contribution in [0.1, 0.15) is 24.2 Å². The summed E-state index contributed by atoms with van der Waals surface area (Å²) in [5, 5.41) is 2.19. The van der Waals surface area contributed by atoms with Crippen molar-refractivity contribution in [2.75, 3.05) is 0 Å². The molecule has 0 aliphatic heterocycles. The number of alkyl halides is 3. The standard InChI is InChI=1S/C13H14Cl3NO4/c1-8(2)20-12(19)17-11(13(14,15)16)21-10(18)9-6-4-3-5-7-9/h3-8,11H,1-2H3,(H,17,19)/t11-/m0/s1. The second kappa shape index (κ2) is 7.73. The van der Waals surface area contributed by atoms with Crippen LogP contribution in [0.4, 0.5) is 4.79 Å². The monoisotopic (exact) mass is 353 g/mol. The van der Waals surface area contributed by atoms with E-state index in [1.807, 2.05) is 0 Å². The summed E-state index contributed by atoms with van der Waals surface area (Å²) in [7, 11) is 0. The van der Waals surface area contributed by atoms with Gasteiger partial charge in [0.05, 0.1) is 11.7 Å². The summed E-state index contributed by atoms with van der Waals surface area (Å²) in [5.41, 5.74) is 0.260. The van der Waals surface area contributed by atoms with Crippen molar-refractivity contribution in [2.45, 2.75) is 30.0 Å². The molecule has 1 rings (SSSR count). The van der Waals surface area contributed by atoms with Gasteiger partial charge in [-0.2, -0.15) is 0 Å². The van der Waals surface area contributed by atoms with Gasteiger partial charge >= 0.3 is 12.1 Å². The first kappa shape index (κ1) is 17.9. The number of hydrogen-bond donors (Lipinski definition) is 1. The van der Waals surface area contributed by atoms with Crippen molar-refractivity contribution in [3.8, 4) is 0 Å². The second-order valence-corrected chi connectivity index (χ2v) is 6.66. The van der Waals surface area contributed by atoms with Gasteiger partial charge in [-0.1, -0.05) is 53.0 Å². The van der Waals surface area contributed by atoms with Crippen LogP contribution in [-0.4, -0.2) is 28.2 Å². The normalized spacial score (nSPS) is 12.7. The number of halogens is 3. The molecule has 0 spiro atoms. The fraction of sp³-hybridized carbons (Fsp3) is 0.385. The maximum atomic E-state index is 11.9. The van der Waals surface area contributed by atoms with Crippen LogP contribution in [0.25, 0.3) is 0 Å². The minimum absolute atomic E-state index is 0.260. The molecule has 0 bridgehead atoms. The fourth-order valence-electron chi connectivity index (χ4n) is 1.28. The van der Waals surface area contributed by atoms with Gasteiger partial charge in [0.2, 0.25) is 10.0 Å². The number of rotatable bonds is 4. The first-order valence-electron chi connectivity index (χ1n) is 6.00. The third kappa shape index (κ3) is 6.42. The molecule has 0 saturated carbocycles. The predicted molar refractivity (Wildman–Crippen MR) is 80.7 cm³/mol. The molecule has 0 aromatic heterocycles. The summed E-state index contributed by atoms with van der Waals surface area (Å²) < 4.78 is 7.81. The highest BCUT2D eigenvalue weighted by molar-refractivity contribution is 6.68. The molecule has 1 amide bonds. The van der Waals surface area contributed by atoms with Gasteiger partial charge in [-0.15, -0.1) is 0 Å². The number of benzene rings is 1. The van der Waals surface area contributed by atoms with Crippen LogP contribution >= 0.6 is 34.8 Å². The van der Waals surface area contributed by atoms with E-state index in [1.54, 1.807) is 32.0 Å². The minimum atomic E-state index is -2.04. The number of ether oxygens (including phenoxy) is 2. The Hall–Kier alpha value is -1.17. The van der Waals surface area contributed by atoms with E-state index in [0.29, 0.717) is 0 Å². The van der Waals surface area contributed by atoms with E-state index in [9.17, 15) is 9.59 Å². The molecule has 0 unspecified atom stereocenters. The highest BCUT2D eigenvalue weighted by atomic mass is 35.6. The summed E-state index contributed by atoms with van der Waals surface area (Å²) in [4.78, 5) is 23.4. The highest BCUT2D eigenvalue weighted by Crippen LogP contribution is 2.31. The molecule has 21 heavy (non-hydrogen) atoms. The van der Waals surface area contributed by atoms with Gasteiger partial charge in [-0.3, -0.25) is 5.32 Å². The molecule has 116 valence electrons. The Labute approximate surface area is 137 Å². The molecule has 1 N–H and O–H groups in total. The lowest BCUT2D eigenvalue weighted by atomic mass is 10.2. The molecule has 0 aliphatic carbocycles. The van der Waals surface area contributed by atoms with Crippen LogP contribution in [0.15, 0.2) is 30.3 Å². The zero-order valence-corrected chi connectivity index (χ0v) is 13.6. The molecule has 1 aromatic carbocycles. The lowest BCUT2D eigenvalue weighted by Crippen LogP contribution is -2.47. The molecular weight excluding hydrogens is 341 g/mol. The summed E-state index contributed by atoms with van der Waals surface area (Å²) >= 11 is 17.1. The van der Waals surface area contributed by atoms with Gasteiger partial charge < -0.3 is 9.47 Å². The molecule has 1 atom stereocenters. The van der Waals surface area contributed by atoms with Crippen LogP contribution in [-0.2, 0) is 9.47 Å². The number of esters is 1. The molecule has 1 aromatic rings. The Morgan fingerprint density at radius 3 is 2.14 bits per heavy atom. The zero-order valence-electron chi connectivity index (χ0n) is 11.3. The van der Waals surface area contributed by atoms with E-state index in [2.05, 4.69) is 5.32 Å². The van der Waals surface area contributed by atoms with Crippen molar-refractivity contribution in [3.63, 3.8) is 0 Å². The van der Waals surface area contributed by atoms with Gasteiger partial charge in [-0.05, 0) is 26.0 Å². The number of hydrogen-bond acceptors (Lipinski definition) is 4. The van der Waals surface area contributed by atoms with Crippen LogP contribution in [0.2, 0.25) is 0 Å². The van der Waals surface area contributed by atoms with Crippen molar-refractivity contribution >= 4 is 46.9 Å². The summed E-state index contributed by atoms with van der Waals surface area (Å²) in [6.45, 7) is 3.31. The smallest absolute Gasteiger partial charge is 0.410 e. The van der Waals surface area contributed by atoms with Crippen LogP contribution < -0.4 is 5.32 Å². The molecule has 8 heteroatoms. The largest absolute Gasteiger partial charge is 0.447 e. The van der Waals surface area contributed by atoms with E-state index in [-0.39, 0.29) is 11.7 Å². The van der Waals surface area contributed by atoms with Crippen molar-refractivity contribution in [1.29, 1.82) is 0 Å². The van der Waals surface area contributed by atoms with Gasteiger partial charge in [0.25, 0.3) is 0 Å². The van der Waals surface area contributed by atoms with E-state index in [0.717, 1.165) is 0 Å². The van der Waals surface area contributed by atoms with E-state index < -0.39 is 22.1 Å². The quantitative estimate of drug-likeness (QED) is 0.509. The Morgan fingerprint density at radius 2 is 1.67 bits per heavy atom. The maximum Gasteiger partial charge on any atom is 0.410 e. The minimum Gasteiger partial charge on any atom is -0.447 e. The summed E-state index contributed by atoms with van der Waals surface area (Å²) in [6, 6.07) is 8.11. The second-order valence-electron chi connectivity index (χ2n) is 4.29. The molecule has 0 radical (unpaired) electrons. The van der Waals surface area contributed by atoms with E-state index in [4.69, 9.17) is 44.3 Å². The average molecular weight is 355 g/mol. The first-order chi connectivity index (χ1) is 9.70. The maximum absolute atomic E-state index is 11.9. The Morgan fingerprint density at radius 1 is 1.10 bits per heavy atom. The third-order valence-electron chi connectivity index (χ3n) is 2.12. The highest BCUT2D eigenvalue weighted by Gasteiger charge is 2.38. The molecule has 0 aliphatic rings. The molecule has 5 nitrogen and oxygen atoms in total.